The average Bonchev–Trinajstić information content (AvgIpc) is 2.78. The Hall–Kier alpha value is -1.54. The van der Waals surface area contributed by atoms with Crippen LogP contribution in [0, 0.1) is 6.92 Å². The Kier molecular flexibility index (Phi) is 4.58. The summed E-state index contributed by atoms with van der Waals surface area (Å²) in [6.07, 6.45) is -4.38. The maximum Gasteiger partial charge on any atom is 0.416 e. The van der Waals surface area contributed by atoms with Crippen LogP contribution in [0.1, 0.15) is 20.9 Å². The van der Waals surface area contributed by atoms with Gasteiger partial charge >= 0.3 is 12.1 Å². The van der Waals surface area contributed by atoms with Crippen LogP contribution < -0.4 is 0 Å². The van der Waals surface area contributed by atoms with Gasteiger partial charge in [0, 0.05) is 9.77 Å². The largest absolute Gasteiger partial charge is 0.464 e. The number of methoxy groups -OCH3 is 1. The van der Waals surface area contributed by atoms with Crippen LogP contribution in [-0.2, 0) is 10.9 Å². The minimum absolute atomic E-state index is 0.192. The first-order valence-corrected chi connectivity index (χ1v) is 7.35. The summed E-state index contributed by atoms with van der Waals surface area (Å²) >= 11 is 2.32. The third-order valence-electron chi connectivity index (χ3n) is 2.52. The van der Waals surface area contributed by atoms with E-state index in [4.69, 9.17) is 0 Å². The maximum atomic E-state index is 12.6. The standard InChI is InChI=1S/C13H10F3NO2S2/c1-7-10(11(18)19-2)17-12(20-7)21-9-5-3-4-8(6-9)13(14,15)16/h3-6H,1-2H3. The Morgan fingerprint density at radius 2 is 2.10 bits per heavy atom. The predicted molar refractivity (Wildman–Crippen MR) is 73.8 cm³/mol. The molecule has 0 saturated carbocycles. The predicted octanol–water partition coefficient (Wildman–Crippen LogP) is 4.41. The van der Waals surface area contributed by atoms with Crippen LogP contribution in [0.4, 0.5) is 13.2 Å². The van der Waals surface area contributed by atoms with Crippen molar-refractivity contribution in [2.24, 2.45) is 0 Å². The van der Waals surface area contributed by atoms with E-state index in [1.807, 2.05) is 0 Å². The molecule has 8 heteroatoms. The quantitative estimate of drug-likeness (QED) is 0.780. The number of esters is 1. The first-order chi connectivity index (χ1) is 9.81. The van der Waals surface area contributed by atoms with E-state index in [0.29, 0.717) is 14.1 Å². The third-order valence-corrected chi connectivity index (χ3v) is 4.54. The molecule has 0 amide bonds. The minimum Gasteiger partial charge on any atom is -0.464 e. The van der Waals surface area contributed by atoms with Crippen LogP contribution in [0.25, 0.3) is 0 Å². The smallest absolute Gasteiger partial charge is 0.416 e. The fourth-order valence-corrected chi connectivity index (χ4v) is 3.66. The summed E-state index contributed by atoms with van der Waals surface area (Å²) in [5.41, 5.74) is -0.522. The monoisotopic (exact) mass is 333 g/mol. The van der Waals surface area contributed by atoms with Crippen LogP contribution in [-0.4, -0.2) is 18.1 Å². The second-order valence-corrected chi connectivity index (χ2v) is 6.53. The van der Waals surface area contributed by atoms with Crippen LogP contribution in [0.15, 0.2) is 33.5 Å². The van der Waals surface area contributed by atoms with Crippen molar-refractivity contribution in [3.8, 4) is 0 Å². The first kappa shape index (κ1) is 15.8. The Balaban J connectivity index is 2.25. The van der Waals surface area contributed by atoms with E-state index < -0.39 is 17.7 Å². The summed E-state index contributed by atoms with van der Waals surface area (Å²) in [6.45, 7) is 1.71. The number of aryl methyl sites for hydroxylation is 1. The zero-order valence-corrected chi connectivity index (χ0v) is 12.7. The zero-order valence-electron chi connectivity index (χ0n) is 11.0. The fourth-order valence-electron chi connectivity index (χ4n) is 1.54. The SMILES string of the molecule is COC(=O)c1nc(Sc2cccc(C(F)(F)F)c2)sc1C. The van der Waals surface area contributed by atoms with E-state index >= 15 is 0 Å². The Bertz CT molecular complexity index is 668. The number of carbonyl (C=O) groups excluding carboxylic acids is 1. The molecule has 0 fully saturated rings. The molecule has 0 aliphatic rings. The highest BCUT2D eigenvalue weighted by Crippen LogP contribution is 2.36. The van der Waals surface area contributed by atoms with E-state index in [0.717, 1.165) is 23.9 Å². The average molecular weight is 333 g/mol. The topological polar surface area (TPSA) is 39.2 Å². The van der Waals surface area contributed by atoms with Crippen LogP contribution in [0.2, 0.25) is 0 Å². The highest BCUT2D eigenvalue weighted by Gasteiger charge is 2.30. The lowest BCUT2D eigenvalue weighted by Gasteiger charge is -2.07. The second-order valence-electron chi connectivity index (χ2n) is 4.00. The van der Waals surface area contributed by atoms with Crippen molar-refractivity contribution in [3.63, 3.8) is 0 Å². The molecule has 0 aliphatic carbocycles. The maximum absolute atomic E-state index is 12.6. The number of alkyl halides is 3. The molecule has 0 radical (unpaired) electrons. The van der Waals surface area contributed by atoms with E-state index in [1.165, 1.54) is 24.5 Å². The van der Waals surface area contributed by atoms with Gasteiger partial charge < -0.3 is 4.74 Å². The molecular weight excluding hydrogens is 323 g/mol. The molecule has 2 rings (SSSR count). The molecule has 0 bridgehead atoms. The van der Waals surface area contributed by atoms with Crippen LogP contribution in [0.5, 0.6) is 0 Å². The number of halogens is 3. The summed E-state index contributed by atoms with van der Waals surface area (Å²) in [5.74, 6) is -0.556. The molecule has 0 saturated heterocycles. The number of thiazole rings is 1. The molecule has 0 aliphatic heterocycles. The molecule has 0 spiro atoms. The zero-order chi connectivity index (χ0) is 15.6. The van der Waals surface area contributed by atoms with E-state index in [-0.39, 0.29) is 5.69 Å². The minimum atomic E-state index is -4.38. The van der Waals surface area contributed by atoms with E-state index in [2.05, 4.69) is 9.72 Å². The van der Waals surface area contributed by atoms with Crippen molar-refractivity contribution in [1.82, 2.24) is 4.98 Å². The van der Waals surface area contributed by atoms with Crippen molar-refractivity contribution >= 4 is 29.1 Å². The second kappa shape index (κ2) is 6.07. The van der Waals surface area contributed by atoms with Gasteiger partial charge in [-0.15, -0.1) is 11.3 Å². The summed E-state index contributed by atoms with van der Waals surface area (Å²) < 4.78 is 43.0. The van der Waals surface area contributed by atoms with Crippen molar-refractivity contribution in [2.45, 2.75) is 22.3 Å². The molecule has 112 valence electrons. The summed E-state index contributed by atoms with van der Waals surface area (Å²) in [6, 6.07) is 4.97. The van der Waals surface area contributed by atoms with Gasteiger partial charge in [-0.1, -0.05) is 17.8 Å². The van der Waals surface area contributed by atoms with Crippen molar-refractivity contribution in [2.75, 3.05) is 7.11 Å². The number of carbonyl (C=O) groups is 1. The summed E-state index contributed by atoms with van der Waals surface area (Å²) in [7, 11) is 1.25. The fraction of sp³-hybridized carbons (Fsp3) is 0.231. The number of ether oxygens (including phenoxy) is 1. The number of hydrogen-bond acceptors (Lipinski definition) is 5. The molecule has 0 N–H and O–H groups in total. The van der Waals surface area contributed by atoms with Crippen LogP contribution in [0.3, 0.4) is 0 Å². The van der Waals surface area contributed by atoms with E-state index in [1.54, 1.807) is 13.0 Å². The van der Waals surface area contributed by atoms with Crippen molar-refractivity contribution < 1.29 is 22.7 Å². The number of rotatable bonds is 3. The third kappa shape index (κ3) is 3.76. The molecule has 3 nitrogen and oxygen atoms in total. The lowest BCUT2D eigenvalue weighted by molar-refractivity contribution is -0.137. The van der Waals surface area contributed by atoms with E-state index in [9.17, 15) is 18.0 Å². The highest BCUT2D eigenvalue weighted by molar-refractivity contribution is 8.01. The first-order valence-electron chi connectivity index (χ1n) is 5.72. The normalized spacial score (nSPS) is 11.5. The van der Waals surface area contributed by atoms with Crippen LogP contribution >= 0.6 is 23.1 Å². The number of benzene rings is 1. The molecule has 0 atom stereocenters. The Morgan fingerprint density at radius 3 is 2.71 bits per heavy atom. The van der Waals surface area contributed by atoms with Gasteiger partial charge in [-0.05, 0) is 25.1 Å². The lowest BCUT2D eigenvalue weighted by Crippen LogP contribution is -2.04. The van der Waals surface area contributed by atoms with Gasteiger partial charge in [-0.3, -0.25) is 0 Å². The van der Waals surface area contributed by atoms with Gasteiger partial charge in [0.2, 0.25) is 0 Å². The highest BCUT2D eigenvalue weighted by atomic mass is 32.2. The number of nitrogens with zero attached hydrogens (tertiary/aromatic N) is 1. The molecule has 1 heterocycles. The van der Waals surface area contributed by atoms with Crippen molar-refractivity contribution in [1.29, 1.82) is 0 Å². The summed E-state index contributed by atoms with van der Waals surface area (Å²) in [5, 5.41) is 0. The Labute approximate surface area is 127 Å². The Morgan fingerprint density at radius 1 is 1.38 bits per heavy atom. The van der Waals surface area contributed by atoms with Gasteiger partial charge in [0.1, 0.15) is 0 Å². The van der Waals surface area contributed by atoms with Gasteiger partial charge in [-0.25, -0.2) is 9.78 Å². The lowest BCUT2D eigenvalue weighted by atomic mass is 10.2. The van der Waals surface area contributed by atoms with Gasteiger partial charge in [0.05, 0.1) is 12.7 Å². The molecule has 2 aromatic rings. The number of aromatic nitrogens is 1. The van der Waals surface area contributed by atoms with Gasteiger partial charge in [-0.2, -0.15) is 13.2 Å². The molecule has 21 heavy (non-hydrogen) atoms. The van der Waals surface area contributed by atoms with Gasteiger partial charge in [0.25, 0.3) is 0 Å². The van der Waals surface area contributed by atoms with Gasteiger partial charge in [0.15, 0.2) is 10.0 Å². The number of hydrogen-bond donors (Lipinski definition) is 0. The summed E-state index contributed by atoms with van der Waals surface area (Å²) in [4.78, 5) is 16.6. The molecular formula is C13H10F3NO2S2. The molecule has 1 aromatic carbocycles. The molecule has 1 aromatic heterocycles. The van der Waals surface area contributed by atoms with Crippen molar-refractivity contribution in [3.05, 3.63) is 40.4 Å². The molecule has 0 unspecified atom stereocenters.